The Labute approximate surface area is 196 Å². The van der Waals surface area contributed by atoms with Crippen LogP contribution >= 0.6 is 0 Å². The van der Waals surface area contributed by atoms with E-state index in [9.17, 15) is 13.6 Å². The summed E-state index contributed by atoms with van der Waals surface area (Å²) in [6.07, 6.45) is 2.98. The fourth-order valence-electron chi connectivity index (χ4n) is 4.17. The summed E-state index contributed by atoms with van der Waals surface area (Å²) in [6.45, 7) is 1.92. The third-order valence-corrected chi connectivity index (χ3v) is 6.37. The van der Waals surface area contributed by atoms with Crippen LogP contribution in [0.5, 0.6) is 5.75 Å². The highest BCUT2D eigenvalue weighted by Crippen LogP contribution is 2.35. The van der Waals surface area contributed by atoms with Crippen LogP contribution in [0.15, 0.2) is 72.9 Å². The molecule has 1 heterocycles. The number of fused-ring (bicyclic) bond motifs is 1. The fourth-order valence-corrected chi connectivity index (χ4v) is 4.17. The zero-order chi connectivity index (χ0) is 23.8. The molecule has 0 aliphatic heterocycles. The van der Waals surface area contributed by atoms with E-state index in [1.807, 2.05) is 31.2 Å². The number of hydrogen-bond acceptors (Lipinski definition) is 3. The molecule has 1 fully saturated rings. The number of benzene rings is 3. The van der Waals surface area contributed by atoms with Crippen LogP contribution in [0.4, 0.5) is 8.78 Å². The lowest BCUT2D eigenvalue weighted by Gasteiger charge is -2.33. The van der Waals surface area contributed by atoms with Gasteiger partial charge in [0.25, 0.3) is 0 Å². The number of amides is 1. The summed E-state index contributed by atoms with van der Waals surface area (Å²) in [4.78, 5) is 14.4. The summed E-state index contributed by atoms with van der Waals surface area (Å²) < 4.78 is 35.5. The van der Waals surface area contributed by atoms with Gasteiger partial charge in [-0.1, -0.05) is 12.1 Å². The fraction of sp³-hybridized carbons (Fsp3) is 0.259. The molecule has 3 aromatic carbocycles. The third-order valence-electron chi connectivity index (χ3n) is 6.37. The minimum Gasteiger partial charge on any atom is -0.484 e. The summed E-state index contributed by atoms with van der Waals surface area (Å²) in [7, 11) is 1.77. The quantitative estimate of drug-likeness (QED) is 0.356. The van der Waals surface area contributed by atoms with Crippen LogP contribution < -0.4 is 4.74 Å². The Hall–Kier alpha value is -3.74. The molecule has 174 valence electrons. The largest absolute Gasteiger partial charge is 0.484 e. The van der Waals surface area contributed by atoms with E-state index < -0.39 is 6.10 Å². The van der Waals surface area contributed by atoms with Gasteiger partial charge in [-0.3, -0.25) is 4.79 Å². The molecule has 1 saturated carbocycles. The van der Waals surface area contributed by atoms with E-state index in [1.165, 1.54) is 24.3 Å². The summed E-state index contributed by atoms with van der Waals surface area (Å²) in [5.74, 6) is 0.0892. The highest BCUT2D eigenvalue weighted by atomic mass is 19.1. The monoisotopic (exact) mass is 461 g/mol. The van der Waals surface area contributed by atoms with Gasteiger partial charge in [0.05, 0.1) is 23.4 Å². The smallest absolute Gasteiger partial charge is 0.225 e. The molecule has 0 bridgehead atoms. The standard InChI is InChI=1S/C27H25F2N3O2/c1-17(31(2)27(33)18-6-7-18)26(19-4-3-5-22(29)14-19)34-24-12-13-25-20(15-24)16-30-32(25)23-10-8-21(28)9-11-23/h3-5,8-18,26H,6-7H2,1-2H3/t17-,26-/m0/s1. The average molecular weight is 462 g/mol. The molecule has 4 aromatic rings. The molecule has 0 spiro atoms. The Balaban J connectivity index is 1.46. The van der Waals surface area contributed by atoms with Crippen molar-refractivity contribution in [2.24, 2.45) is 5.92 Å². The van der Waals surface area contributed by atoms with E-state index in [1.54, 1.807) is 41.0 Å². The summed E-state index contributed by atoms with van der Waals surface area (Å²) >= 11 is 0. The maximum Gasteiger partial charge on any atom is 0.225 e. The highest BCUT2D eigenvalue weighted by molar-refractivity contribution is 5.82. The molecule has 34 heavy (non-hydrogen) atoms. The zero-order valence-electron chi connectivity index (χ0n) is 19.0. The Morgan fingerprint density at radius 3 is 2.53 bits per heavy atom. The van der Waals surface area contributed by atoms with Crippen molar-refractivity contribution in [1.82, 2.24) is 14.7 Å². The molecule has 0 N–H and O–H groups in total. The Morgan fingerprint density at radius 1 is 1.06 bits per heavy atom. The minimum atomic E-state index is -0.562. The second kappa shape index (κ2) is 8.89. The summed E-state index contributed by atoms with van der Waals surface area (Å²) in [6, 6.07) is 17.7. The van der Waals surface area contributed by atoms with Gasteiger partial charge in [0.2, 0.25) is 5.91 Å². The van der Waals surface area contributed by atoms with Crippen molar-refractivity contribution in [3.63, 3.8) is 0 Å². The van der Waals surface area contributed by atoms with Crippen molar-refractivity contribution in [3.05, 3.63) is 90.1 Å². The van der Waals surface area contributed by atoms with E-state index in [-0.39, 0.29) is 29.5 Å². The first-order valence-corrected chi connectivity index (χ1v) is 11.3. The van der Waals surface area contributed by atoms with E-state index >= 15 is 0 Å². The van der Waals surface area contributed by atoms with Gasteiger partial charge < -0.3 is 9.64 Å². The van der Waals surface area contributed by atoms with E-state index in [0.29, 0.717) is 11.3 Å². The Morgan fingerprint density at radius 2 is 1.82 bits per heavy atom. The molecular formula is C27H25F2N3O2. The number of ether oxygens (including phenoxy) is 1. The molecule has 5 rings (SSSR count). The van der Waals surface area contributed by atoms with Gasteiger partial charge in [-0.15, -0.1) is 0 Å². The van der Waals surface area contributed by atoms with Crippen molar-refractivity contribution < 1.29 is 18.3 Å². The van der Waals surface area contributed by atoms with Crippen molar-refractivity contribution in [2.75, 3.05) is 7.05 Å². The molecular weight excluding hydrogens is 436 g/mol. The van der Waals surface area contributed by atoms with Crippen LogP contribution in [-0.2, 0) is 4.79 Å². The molecule has 2 atom stereocenters. The number of nitrogens with zero attached hydrogens (tertiary/aromatic N) is 3. The lowest BCUT2D eigenvalue weighted by molar-refractivity contribution is -0.134. The molecule has 0 radical (unpaired) electrons. The second-order valence-electron chi connectivity index (χ2n) is 8.81. The van der Waals surface area contributed by atoms with Gasteiger partial charge in [0.1, 0.15) is 23.5 Å². The topological polar surface area (TPSA) is 47.4 Å². The van der Waals surface area contributed by atoms with Crippen LogP contribution in [-0.4, -0.2) is 33.7 Å². The predicted molar refractivity (Wildman–Crippen MR) is 126 cm³/mol. The normalized spacial score (nSPS) is 15.2. The number of likely N-dealkylation sites (N-methyl/N-ethyl adjacent to an activating group) is 1. The molecule has 1 aliphatic carbocycles. The number of hydrogen-bond donors (Lipinski definition) is 0. The third kappa shape index (κ3) is 4.38. The molecule has 1 aliphatic rings. The molecule has 1 aromatic heterocycles. The van der Waals surface area contributed by atoms with Crippen molar-refractivity contribution in [3.8, 4) is 11.4 Å². The predicted octanol–water partition coefficient (Wildman–Crippen LogP) is 5.68. The van der Waals surface area contributed by atoms with Gasteiger partial charge in [0.15, 0.2) is 0 Å². The first kappa shape index (κ1) is 22.1. The zero-order valence-corrected chi connectivity index (χ0v) is 19.0. The van der Waals surface area contributed by atoms with E-state index in [0.717, 1.165) is 29.4 Å². The Kier molecular flexibility index (Phi) is 5.77. The van der Waals surface area contributed by atoms with E-state index in [2.05, 4.69) is 5.10 Å². The summed E-state index contributed by atoms with van der Waals surface area (Å²) in [5.41, 5.74) is 2.25. The lowest BCUT2D eigenvalue weighted by atomic mass is 10.0. The van der Waals surface area contributed by atoms with Gasteiger partial charge in [-0.25, -0.2) is 13.5 Å². The van der Waals surface area contributed by atoms with Gasteiger partial charge in [0, 0.05) is 18.4 Å². The molecule has 5 nitrogen and oxygen atoms in total. The van der Waals surface area contributed by atoms with E-state index in [4.69, 9.17) is 4.74 Å². The van der Waals surface area contributed by atoms with Crippen LogP contribution in [0.2, 0.25) is 0 Å². The number of aromatic nitrogens is 2. The van der Waals surface area contributed by atoms with Crippen molar-refractivity contribution >= 4 is 16.8 Å². The first-order chi connectivity index (χ1) is 16.4. The van der Waals surface area contributed by atoms with Crippen LogP contribution in [0.3, 0.4) is 0 Å². The number of rotatable bonds is 7. The molecule has 7 heteroatoms. The first-order valence-electron chi connectivity index (χ1n) is 11.3. The number of halogens is 2. The lowest BCUT2D eigenvalue weighted by Crippen LogP contribution is -2.41. The molecule has 1 amide bonds. The average Bonchev–Trinajstić information content (AvgIpc) is 3.61. The van der Waals surface area contributed by atoms with Crippen molar-refractivity contribution in [1.29, 1.82) is 0 Å². The van der Waals surface area contributed by atoms with Crippen LogP contribution in [0.1, 0.15) is 31.4 Å². The van der Waals surface area contributed by atoms with Gasteiger partial charge >= 0.3 is 0 Å². The Bertz CT molecular complexity index is 1330. The number of carbonyl (C=O) groups is 1. The minimum absolute atomic E-state index is 0.0780. The van der Waals surface area contributed by atoms with Crippen LogP contribution in [0.25, 0.3) is 16.6 Å². The SMILES string of the molecule is C[C@@H]([C@H](Oc1ccc2c(cnn2-c2ccc(F)cc2)c1)c1cccc(F)c1)N(C)C(=O)C1CC1. The number of carbonyl (C=O) groups excluding carboxylic acids is 1. The van der Waals surface area contributed by atoms with Crippen LogP contribution in [0, 0.1) is 17.6 Å². The highest BCUT2D eigenvalue weighted by Gasteiger charge is 2.36. The van der Waals surface area contributed by atoms with Crippen molar-refractivity contribution in [2.45, 2.75) is 31.9 Å². The van der Waals surface area contributed by atoms with Gasteiger partial charge in [-0.05, 0) is 79.9 Å². The molecule has 0 saturated heterocycles. The second-order valence-corrected chi connectivity index (χ2v) is 8.81. The maximum atomic E-state index is 14.1. The molecule has 0 unspecified atom stereocenters. The maximum absolute atomic E-state index is 14.1. The van der Waals surface area contributed by atoms with Gasteiger partial charge in [-0.2, -0.15) is 5.10 Å². The summed E-state index contributed by atoms with van der Waals surface area (Å²) in [5, 5.41) is 5.28.